The molecule has 4 nitrogen and oxygen atoms in total. The number of hydrogen-bond donors (Lipinski definition) is 2. The van der Waals surface area contributed by atoms with Crippen LogP contribution in [0, 0.1) is 0 Å². The van der Waals surface area contributed by atoms with Gasteiger partial charge in [-0.3, -0.25) is 4.79 Å². The fourth-order valence-corrected chi connectivity index (χ4v) is 3.11. The minimum atomic E-state index is -0.338. The summed E-state index contributed by atoms with van der Waals surface area (Å²) in [6, 6.07) is 3.36. The maximum Gasteiger partial charge on any atom is 0.271 e. The van der Waals surface area contributed by atoms with Gasteiger partial charge in [-0.25, -0.2) is 5.43 Å². The number of nitrogens with zero attached hydrogens (tertiary/aromatic N) is 1. The number of hydrogen-bond acceptors (Lipinski definition) is 3. The molecule has 0 radical (unpaired) electrons. The van der Waals surface area contributed by atoms with Crippen molar-refractivity contribution in [2.75, 3.05) is 0 Å². The molecule has 0 atom stereocenters. The molecule has 0 spiro atoms. The summed E-state index contributed by atoms with van der Waals surface area (Å²) >= 11 is 12.4. The zero-order valence-corrected chi connectivity index (χ0v) is 15.1. The second-order valence-electron chi connectivity index (χ2n) is 4.36. The number of carbonyl (C=O) groups is 1. The lowest BCUT2D eigenvalue weighted by molar-refractivity contribution is -0.117. The van der Waals surface area contributed by atoms with E-state index in [0.29, 0.717) is 31.5 Å². The molecule has 1 aliphatic rings. The van der Waals surface area contributed by atoms with E-state index in [1.54, 1.807) is 30.4 Å². The van der Waals surface area contributed by atoms with Crippen LogP contribution < -0.4 is 5.43 Å². The van der Waals surface area contributed by atoms with Gasteiger partial charge in [0.1, 0.15) is 5.75 Å². The van der Waals surface area contributed by atoms with E-state index in [-0.39, 0.29) is 11.7 Å². The van der Waals surface area contributed by atoms with Gasteiger partial charge in [0.15, 0.2) is 0 Å². The molecule has 2 rings (SSSR count). The van der Waals surface area contributed by atoms with Gasteiger partial charge in [-0.15, -0.1) is 0 Å². The second-order valence-corrected chi connectivity index (χ2v) is 6.50. The normalized spacial score (nSPS) is 14.5. The lowest BCUT2D eigenvalue weighted by atomic mass is 10.2. The Labute approximate surface area is 149 Å². The van der Waals surface area contributed by atoms with Gasteiger partial charge in [-0.1, -0.05) is 23.8 Å². The molecule has 114 valence electrons. The first kappa shape index (κ1) is 17.0. The molecule has 0 bridgehead atoms. The van der Waals surface area contributed by atoms with Gasteiger partial charge in [-0.2, -0.15) is 5.10 Å². The van der Waals surface area contributed by atoms with E-state index in [4.69, 9.17) is 11.6 Å². The highest BCUT2D eigenvalue weighted by Crippen LogP contribution is 2.32. The minimum Gasteiger partial charge on any atom is -0.506 e. The smallest absolute Gasteiger partial charge is 0.271 e. The molecule has 0 heterocycles. The van der Waals surface area contributed by atoms with Gasteiger partial charge < -0.3 is 5.11 Å². The molecule has 0 aliphatic heterocycles. The van der Waals surface area contributed by atoms with Crippen molar-refractivity contribution in [1.82, 2.24) is 5.43 Å². The van der Waals surface area contributed by atoms with Crippen molar-refractivity contribution < 1.29 is 9.90 Å². The topological polar surface area (TPSA) is 61.7 Å². The molecule has 2 N–H and O–H groups in total. The van der Waals surface area contributed by atoms with E-state index >= 15 is 0 Å². The number of carbonyl (C=O) groups excluding carboxylic acids is 1. The van der Waals surface area contributed by atoms with Gasteiger partial charge >= 0.3 is 0 Å². The van der Waals surface area contributed by atoms with Crippen molar-refractivity contribution in [1.29, 1.82) is 0 Å². The largest absolute Gasteiger partial charge is 0.506 e. The standard InChI is InChI=1S/C15H11Br2ClN2O2/c16-12-5-9(6-13(17)14(12)21)8-19-20-15(22)10-3-1-2-4-11(18)7-10/h2-8,21H,1H2,(H,20,22)/b19-8+. The third-order valence-corrected chi connectivity index (χ3v) is 4.17. The Morgan fingerprint density at radius 1 is 1.36 bits per heavy atom. The number of allylic oxidation sites excluding steroid dienone is 4. The zero-order chi connectivity index (χ0) is 16.1. The first-order chi connectivity index (χ1) is 10.5. The van der Waals surface area contributed by atoms with Crippen LogP contribution in [-0.2, 0) is 4.79 Å². The SMILES string of the molecule is O=C(N/N=C/c1cc(Br)c(O)c(Br)c1)C1=CCC=CC(Cl)=C1. The predicted octanol–water partition coefficient (Wildman–Crippen LogP) is 4.38. The van der Waals surface area contributed by atoms with E-state index < -0.39 is 0 Å². The molecule has 0 unspecified atom stereocenters. The highest BCUT2D eigenvalue weighted by molar-refractivity contribution is 9.11. The summed E-state index contributed by atoms with van der Waals surface area (Å²) in [5.41, 5.74) is 3.61. The summed E-state index contributed by atoms with van der Waals surface area (Å²) in [6.45, 7) is 0. The molecule has 1 amide bonds. The van der Waals surface area contributed by atoms with Crippen LogP contribution in [0.25, 0.3) is 0 Å². The number of halogens is 3. The van der Waals surface area contributed by atoms with Gasteiger partial charge in [-0.05, 0) is 68.1 Å². The van der Waals surface area contributed by atoms with Crippen LogP contribution in [0.2, 0.25) is 0 Å². The monoisotopic (exact) mass is 444 g/mol. The summed E-state index contributed by atoms with van der Waals surface area (Å²) in [6.07, 6.45) is 9.08. The molecule has 1 aliphatic carbocycles. The zero-order valence-electron chi connectivity index (χ0n) is 11.2. The number of phenolic OH excluding ortho intramolecular Hbond substituents is 1. The average molecular weight is 447 g/mol. The van der Waals surface area contributed by atoms with Crippen LogP contribution in [0.3, 0.4) is 0 Å². The molecule has 0 fully saturated rings. The van der Waals surface area contributed by atoms with Gasteiger partial charge in [0.05, 0.1) is 15.2 Å². The van der Waals surface area contributed by atoms with Gasteiger partial charge in [0, 0.05) is 10.6 Å². The third-order valence-electron chi connectivity index (χ3n) is 2.73. The first-order valence-corrected chi connectivity index (χ1v) is 8.19. The highest BCUT2D eigenvalue weighted by atomic mass is 79.9. The summed E-state index contributed by atoms with van der Waals surface area (Å²) < 4.78 is 1.06. The average Bonchev–Trinajstić information content (AvgIpc) is 2.69. The van der Waals surface area contributed by atoms with Crippen LogP contribution in [0.15, 0.2) is 61.1 Å². The van der Waals surface area contributed by atoms with Crippen LogP contribution in [0.5, 0.6) is 5.75 Å². The molecule has 0 saturated carbocycles. The number of hydrazone groups is 1. The molecular formula is C15H11Br2ClN2O2. The lowest BCUT2D eigenvalue weighted by Crippen LogP contribution is -2.19. The van der Waals surface area contributed by atoms with Crippen molar-refractivity contribution in [3.8, 4) is 5.75 Å². The Morgan fingerprint density at radius 2 is 2.05 bits per heavy atom. The van der Waals surface area contributed by atoms with Crippen molar-refractivity contribution in [2.24, 2.45) is 5.10 Å². The van der Waals surface area contributed by atoms with Crippen molar-refractivity contribution >= 4 is 55.6 Å². The van der Waals surface area contributed by atoms with E-state index in [1.165, 1.54) is 6.21 Å². The Kier molecular flexibility index (Phi) is 5.99. The summed E-state index contributed by atoms with van der Waals surface area (Å²) in [4.78, 5) is 12.0. The molecule has 1 aromatic rings. The minimum absolute atomic E-state index is 0.108. The highest BCUT2D eigenvalue weighted by Gasteiger charge is 2.08. The molecular weight excluding hydrogens is 435 g/mol. The van der Waals surface area contributed by atoms with Crippen LogP contribution in [0.4, 0.5) is 0 Å². The van der Waals surface area contributed by atoms with E-state index in [9.17, 15) is 9.90 Å². The number of phenols is 1. The first-order valence-electron chi connectivity index (χ1n) is 6.22. The maximum atomic E-state index is 12.0. The maximum absolute atomic E-state index is 12.0. The van der Waals surface area contributed by atoms with Gasteiger partial charge in [0.2, 0.25) is 0 Å². The Balaban J connectivity index is 2.05. The van der Waals surface area contributed by atoms with Crippen molar-refractivity contribution in [3.05, 3.63) is 61.6 Å². The summed E-state index contributed by atoms with van der Waals surface area (Å²) in [5, 5.41) is 14.0. The van der Waals surface area contributed by atoms with Crippen LogP contribution >= 0.6 is 43.5 Å². The van der Waals surface area contributed by atoms with E-state index in [2.05, 4.69) is 42.4 Å². The Bertz CT molecular complexity index is 701. The van der Waals surface area contributed by atoms with Crippen LogP contribution in [0.1, 0.15) is 12.0 Å². The van der Waals surface area contributed by atoms with E-state index in [0.717, 1.165) is 0 Å². The Hall–Kier alpha value is -1.37. The van der Waals surface area contributed by atoms with Crippen molar-refractivity contribution in [2.45, 2.75) is 6.42 Å². The summed E-state index contributed by atoms with van der Waals surface area (Å²) in [5.74, 6) is -0.230. The molecule has 1 aromatic carbocycles. The fraction of sp³-hybridized carbons (Fsp3) is 0.0667. The summed E-state index contributed by atoms with van der Waals surface area (Å²) in [7, 11) is 0. The number of nitrogens with one attached hydrogen (secondary N) is 1. The predicted molar refractivity (Wildman–Crippen MR) is 95.0 cm³/mol. The number of benzene rings is 1. The molecule has 7 heteroatoms. The number of amides is 1. The van der Waals surface area contributed by atoms with Crippen LogP contribution in [-0.4, -0.2) is 17.2 Å². The second kappa shape index (κ2) is 7.76. The third kappa shape index (κ3) is 4.56. The number of rotatable bonds is 3. The lowest BCUT2D eigenvalue weighted by Gasteiger charge is -2.03. The van der Waals surface area contributed by atoms with E-state index in [1.807, 2.05) is 6.08 Å². The fourth-order valence-electron chi connectivity index (χ4n) is 1.68. The molecule has 0 saturated heterocycles. The molecule has 0 aromatic heterocycles. The van der Waals surface area contributed by atoms with Crippen molar-refractivity contribution in [3.63, 3.8) is 0 Å². The Morgan fingerprint density at radius 3 is 2.73 bits per heavy atom. The molecule has 22 heavy (non-hydrogen) atoms. The number of aromatic hydroxyl groups is 1. The quantitative estimate of drug-likeness (QED) is 0.535. The van der Waals surface area contributed by atoms with Gasteiger partial charge in [0.25, 0.3) is 5.91 Å².